The number of halogens is 1. The number of hydrogen-bond acceptors (Lipinski definition) is 3. The van der Waals surface area contributed by atoms with Crippen LogP contribution in [-0.4, -0.2) is 20.7 Å². The van der Waals surface area contributed by atoms with Crippen molar-refractivity contribution in [2.24, 2.45) is 7.05 Å². The van der Waals surface area contributed by atoms with E-state index >= 15 is 0 Å². The average Bonchev–Trinajstić information content (AvgIpc) is 2.77. The summed E-state index contributed by atoms with van der Waals surface area (Å²) in [5.74, 6) is -0.154. The maximum atomic E-state index is 12.8. The highest BCUT2D eigenvalue weighted by molar-refractivity contribution is 9.10. The molecular formula is C17H17BrN4O. The molecule has 3 aromatic rings. The van der Waals surface area contributed by atoms with Gasteiger partial charge in [0, 0.05) is 22.9 Å². The molecule has 0 atom stereocenters. The van der Waals surface area contributed by atoms with Gasteiger partial charge in [-0.1, -0.05) is 15.9 Å². The number of nitrogens with zero attached hydrogens (tertiary/aromatic N) is 3. The molecule has 23 heavy (non-hydrogen) atoms. The molecule has 1 amide bonds. The molecule has 2 aromatic heterocycles. The highest BCUT2D eigenvalue weighted by Gasteiger charge is 2.18. The first-order valence-electron chi connectivity index (χ1n) is 7.25. The number of nitrogens with one attached hydrogen (secondary N) is 1. The highest BCUT2D eigenvalue weighted by atomic mass is 79.9. The van der Waals surface area contributed by atoms with Crippen LogP contribution >= 0.6 is 15.9 Å². The first kappa shape index (κ1) is 15.7. The number of hydrogen-bond donors (Lipinski definition) is 1. The zero-order valence-corrected chi connectivity index (χ0v) is 15.0. The van der Waals surface area contributed by atoms with Crippen molar-refractivity contribution < 1.29 is 4.79 Å². The van der Waals surface area contributed by atoms with Gasteiger partial charge in [-0.15, -0.1) is 0 Å². The van der Waals surface area contributed by atoms with E-state index in [0.717, 1.165) is 38.1 Å². The third-order valence-corrected chi connectivity index (χ3v) is 4.65. The molecule has 0 saturated carbocycles. The second kappa shape index (κ2) is 5.77. The summed E-state index contributed by atoms with van der Waals surface area (Å²) in [6.07, 6.45) is 0. The molecule has 0 spiro atoms. The van der Waals surface area contributed by atoms with Crippen LogP contribution in [0.4, 0.5) is 5.69 Å². The Balaban J connectivity index is 2.05. The van der Waals surface area contributed by atoms with Crippen LogP contribution < -0.4 is 5.32 Å². The van der Waals surface area contributed by atoms with Crippen molar-refractivity contribution in [2.75, 3.05) is 5.32 Å². The van der Waals surface area contributed by atoms with Crippen molar-refractivity contribution in [3.63, 3.8) is 0 Å². The maximum Gasteiger partial charge on any atom is 0.256 e. The summed E-state index contributed by atoms with van der Waals surface area (Å²) in [6.45, 7) is 5.75. The number of carbonyl (C=O) groups excluding carboxylic acids is 1. The van der Waals surface area contributed by atoms with Crippen molar-refractivity contribution in [3.8, 4) is 0 Å². The van der Waals surface area contributed by atoms with Gasteiger partial charge in [-0.3, -0.25) is 9.48 Å². The van der Waals surface area contributed by atoms with Crippen LogP contribution in [0.1, 0.15) is 27.3 Å². The van der Waals surface area contributed by atoms with Crippen LogP contribution in [0.3, 0.4) is 0 Å². The molecule has 0 fully saturated rings. The fourth-order valence-electron chi connectivity index (χ4n) is 2.67. The number of fused-ring (bicyclic) bond motifs is 1. The third-order valence-electron chi connectivity index (χ3n) is 3.76. The largest absolute Gasteiger partial charge is 0.322 e. The summed E-state index contributed by atoms with van der Waals surface area (Å²) >= 11 is 3.46. The first-order valence-corrected chi connectivity index (χ1v) is 8.04. The predicted molar refractivity (Wildman–Crippen MR) is 94.8 cm³/mol. The number of pyridine rings is 1. The summed E-state index contributed by atoms with van der Waals surface area (Å²) in [5, 5.41) is 8.13. The Morgan fingerprint density at radius 1 is 1.22 bits per heavy atom. The lowest BCUT2D eigenvalue weighted by molar-refractivity contribution is 0.102. The Kier molecular flexibility index (Phi) is 3.93. The van der Waals surface area contributed by atoms with E-state index in [0.29, 0.717) is 5.56 Å². The van der Waals surface area contributed by atoms with Gasteiger partial charge in [-0.25, -0.2) is 4.98 Å². The maximum absolute atomic E-state index is 12.8. The van der Waals surface area contributed by atoms with Crippen molar-refractivity contribution >= 4 is 38.6 Å². The second-order valence-electron chi connectivity index (χ2n) is 5.64. The van der Waals surface area contributed by atoms with E-state index < -0.39 is 0 Å². The zero-order valence-electron chi connectivity index (χ0n) is 13.4. The number of aryl methyl sites for hydroxylation is 4. The van der Waals surface area contributed by atoms with Gasteiger partial charge < -0.3 is 5.32 Å². The highest BCUT2D eigenvalue weighted by Crippen LogP contribution is 2.24. The summed E-state index contributed by atoms with van der Waals surface area (Å²) in [6, 6.07) is 7.53. The lowest BCUT2D eigenvalue weighted by atomic mass is 10.1. The molecule has 3 rings (SSSR count). The van der Waals surface area contributed by atoms with Crippen LogP contribution in [0.2, 0.25) is 0 Å². The fraction of sp³-hybridized carbons (Fsp3) is 0.235. The van der Waals surface area contributed by atoms with E-state index in [9.17, 15) is 4.79 Å². The summed E-state index contributed by atoms with van der Waals surface area (Å²) < 4.78 is 2.72. The van der Waals surface area contributed by atoms with Crippen molar-refractivity contribution in [2.45, 2.75) is 20.8 Å². The van der Waals surface area contributed by atoms with Crippen LogP contribution in [0.5, 0.6) is 0 Å². The Labute approximate surface area is 142 Å². The lowest BCUT2D eigenvalue weighted by Crippen LogP contribution is -2.13. The Hall–Kier alpha value is -2.21. The molecular weight excluding hydrogens is 356 g/mol. The van der Waals surface area contributed by atoms with E-state index in [1.165, 1.54) is 0 Å². The first-order chi connectivity index (χ1) is 10.9. The molecule has 0 bridgehead atoms. The van der Waals surface area contributed by atoms with Crippen LogP contribution in [0, 0.1) is 20.8 Å². The van der Waals surface area contributed by atoms with Crippen molar-refractivity contribution in [1.29, 1.82) is 0 Å². The SMILES string of the molecule is Cc1cc(C(=O)Nc2ccc(Br)c(C)c2)c2c(C)nn(C)c2n1. The zero-order chi connectivity index (χ0) is 16.7. The standard InChI is InChI=1S/C17H17BrN4O/c1-9-7-12(5-6-14(9)18)20-17(23)13-8-10(2)19-16-15(13)11(3)21-22(16)4/h5-8H,1-4H3,(H,20,23). The normalized spacial score (nSPS) is 11.0. The quantitative estimate of drug-likeness (QED) is 0.741. The molecule has 6 heteroatoms. The Morgan fingerprint density at radius 2 is 1.96 bits per heavy atom. The number of rotatable bonds is 2. The van der Waals surface area contributed by atoms with Crippen molar-refractivity contribution in [3.05, 3.63) is 51.3 Å². The summed E-state index contributed by atoms with van der Waals surface area (Å²) in [5.41, 5.74) is 4.74. The van der Waals surface area contributed by atoms with Gasteiger partial charge in [-0.2, -0.15) is 5.10 Å². The molecule has 0 unspecified atom stereocenters. The molecule has 2 heterocycles. The number of anilines is 1. The molecule has 5 nitrogen and oxygen atoms in total. The molecule has 0 saturated heterocycles. The van der Waals surface area contributed by atoms with E-state index in [1.807, 2.05) is 46.0 Å². The van der Waals surface area contributed by atoms with E-state index in [1.54, 1.807) is 10.7 Å². The molecule has 0 radical (unpaired) electrons. The predicted octanol–water partition coefficient (Wildman–Crippen LogP) is 3.91. The van der Waals surface area contributed by atoms with Gasteiger partial charge >= 0.3 is 0 Å². The minimum atomic E-state index is -0.154. The van der Waals surface area contributed by atoms with Crippen molar-refractivity contribution in [1.82, 2.24) is 14.8 Å². The van der Waals surface area contributed by atoms with Gasteiger partial charge in [-0.05, 0) is 50.6 Å². The minimum Gasteiger partial charge on any atom is -0.322 e. The van der Waals surface area contributed by atoms with Gasteiger partial charge in [0.15, 0.2) is 5.65 Å². The van der Waals surface area contributed by atoms with E-state index in [-0.39, 0.29) is 5.91 Å². The van der Waals surface area contributed by atoms with Gasteiger partial charge in [0.1, 0.15) is 0 Å². The van der Waals surface area contributed by atoms with Crippen LogP contribution in [0.25, 0.3) is 11.0 Å². The van der Waals surface area contributed by atoms with Crippen LogP contribution in [0.15, 0.2) is 28.7 Å². The minimum absolute atomic E-state index is 0.154. The lowest BCUT2D eigenvalue weighted by Gasteiger charge is -2.09. The second-order valence-corrected chi connectivity index (χ2v) is 6.49. The number of amides is 1. The molecule has 1 aromatic carbocycles. The number of carbonyl (C=O) groups is 1. The molecule has 118 valence electrons. The van der Waals surface area contributed by atoms with E-state index in [4.69, 9.17) is 0 Å². The molecule has 0 aliphatic heterocycles. The summed E-state index contributed by atoms with van der Waals surface area (Å²) in [7, 11) is 1.83. The third kappa shape index (κ3) is 2.86. The van der Waals surface area contributed by atoms with Gasteiger partial charge in [0.2, 0.25) is 0 Å². The number of benzene rings is 1. The fourth-order valence-corrected chi connectivity index (χ4v) is 2.92. The summed E-state index contributed by atoms with van der Waals surface area (Å²) in [4.78, 5) is 17.2. The van der Waals surface area contributed by atoms with Gasteiger partial charge in [0.25, 0.3) is 5.91 Å². The molecule has 1 N–H and O–H groups in total. The number of aromatic nitrogens is 3. The molecule has 0 aliphatic carbocycles. The monoisotopic (exact) mass is 372 g/mol. The molecule has 0 aliphatic rings. The Morgan fingerprint density at radius 3 is 2.65 bits per heavy atom. The smallest absolute Gasteiger partial charge is 0.256 e. The van der Waals surface area contributed by atoms with Gasteiger partial charge in [0.05, 0.1) is 16.6 Å². The Bertz CT molecular complexity index is 930. The topological polar surface area (TPSA) is 59.8 Å². The van der Waals surface area contributed by atoms with Crippen LogP contribution in [-0.2, 0) is 7.05 Å². The average molecular weight is 373 g/mol. The van der Waals surface area contributed by atoms with E-state index in [2.05, 4.69) is 31.3 Å².